The van der Waals surface area contributed by atoms with Crippen LogP contribution in [0.2, 0.25) is 0 Å². The first-order valence-electron chi connectivity index (χ1n) is 14.9. The van der Waals surface area contributed by atoms with E-state index in [0.29, 0.717) is 5.92 Å². The van der Waals surface area contributed by atoms with Crippen molar-refractivity contribution < 1.29 is 13.7 Å². The van der Waals surface area contributed by atoms with Crippen molar-refractivity contribution in [2.45, 2.75) is 38.5 Å². The van der Waals surface area contributed by atoms with Gasteiger partial charge in [0, 0.05) is 74.7 Å². The Morgan fingerprint density at radius 3 is 2.57 bits per heavy atom. The van der Waals surface area contributed by atoms with Gasteiger partial charge in [-0.25, -0.2) is 14.4 Å². The monoisotopic (exact) mass is 610 g/mol. The number of hydrogen-bond donors (Lipinski definition) is 0. The van der Waals surface area contributed by atoms with Crippen LogP contribution in [0.3, 0.4) is 0 Å². The van der Waals surface area contributed by atoms with Gasteiger partial charge in [-0.05, 0) is 61.1 Å². The van der Waals surface area contributed by atoms with Crippen molar-refractivity contribution >= 4 is 39.3 Å². The molecule has 0 bridgehead atoms. The van der Waals surface area contributed by atoms with Crippen molar-refractivity contribution in [3.8, 4) is 11.3 Å². The second kappa shape index (κ2) is 13.4. The van der Waals surface area contributed by atoms with Crippen LogP contribution in [0.15, 0.2) is 48.0 Å². The van der Waals surface area contributed by atoms with Crippen molar-refractivity contribution in [3.05, 3.63) is 65.0 Å². The van der Waals surface area contributed by atoms with Crippen LogP contribution < -0.4 is 4.90 Å². The molecule has 1 aromatic carbocycles. The first-order chi connectivity index (χ1) is 20.5. The lowest BCUT2D eigenvalue weighted by atomic mass is 9.91. The van der Waals surface area contributed by atoms with Gasteiger partial charge in [0.25, 0.3) is 0 Å². The van der Waals surface area contributed by atoms with E-state index in [-0.39, 0.29) is 5.82 Å². The van der Waals surface area contributed by atoms with Crippen LogP contribution in [0.25, 0.3) is 16.9 Å². The van der Waals surface area contributed by atoms with E-state index < -0.39 is 11.4 Å². The SMILES string of the molecule is CCc1nc2ccc(C3CCN([S+]([O-])CCCN4CCOCC4)CC3)cn2c1N(C)c1nc(-c2ccc(F)cc2)cs1. The average Bonchev–Trinajstić information content (AvgIpc) is 3.67. The molecule has 4 aromatic rings. The third-order valence-corrected chi connectivity index (χ3v) is 10.9. The van der Waals surface area contributed by atoms with Crippen molar-refractivity contribution in [3.63, 3.8) is 0 Å². The number of thiazole rings is 1. The minimum absolute atomic E-state index is 0.251. The molecule has 8 nitrogen and oxygen atoms in total. The van der Waals surface area contributed by atoms with Crippen LogP contribution in [-0.4, -0.2) is 86.9 Å². The van der Waals surface area contributed by atoms with Gasteiger partial charge < -0.3 is 14.2 Å². The summed E-state index contributed by atoms with van der Waals surface area (Å²) in [5, 5.41) is 2.88. The molecule has 0 spiro atoms. The third kappa shape index (κ3) is 6.51. The number of imidazole rings is 1. The molecule has 224 valence electrons. The number of hydrogen-bond acceptors (Lipinski definition) is 8. The zero-order valence-electron chi connectivity index (χ0n) is 24.4. The van der Waals surface area contributed by atoms with Gasteiger partial charge in [0.15, 0.2) is 5.13 Å². The number of benzene rings is 1. The Labute approximate surface area is 254 Å². The number of nitrogens with zero attached hydrogens (tertiary/aromatic N) is 6. The standard InChI is InChI=1S/C31H39FN6O2S2/c1-3-27-30(35(2)31-34-28(22-41-31)24-5-8-26(32)9-6-24)38-21-25(7-10-29(38)33-27)23-11-14-37(15-12-23)42(39)20-4-13-36-16-18-40-19-17-36/h5-10,21-23H,3-4,11-20H2,1-2H3. The smallest absolute Gasteiger partial charge is 0.191 e. The molecule has 1 atom stereocenters. The molecular weight excluding hydrogens is 572 g/mol. The Balaban J connectivity index is 1.13. The normalized spacial score (nSPS) is 18.1. The van der Waals surface area contributed by atoms with Crippen LogP contribution >= 0.6 is 11.3 Å². The van der Waals surface area contributed by atoms with Crippen molar-refractivity contribution in [2.75, 3.05) is 63.6 Å². The summed E-state index contributed by atoms with van der Waals surface area (Å²) in [5.74, 6) is 1.93. The molecule has 11 heteroatoms. The predicted octanol–water partition coefficient (Wildman–Crippen LogP) is 5.49. The summed E-state index contributed by atoms with van der Waals surface area (Å²) in [4.78, 5) is 14.3. The fourth-order valence-corrected chi connectivity index (χ4v) is 8.01. The summed E-state index contributed by atoms with van der Waals surface area (Å²) < 4.78 is 36.2. The number of aryl methyl sites for hydroxylation is 1. The lowest BCUT2D eigenvalue weighted by molar-refractivity contribution is 0.0380. The van der Waals surface area contributed by atoms with Gasteiger partial charge in [0.1, 0.15) is 23.0 Å². The molecular formula is C31H39FN6O2S2. The van der Waals surface area contributed by atoms with Crippen molar-refractivity contribution in [1.29, 1.82) is 0 Å². The highest BCUT2D eigenvalue weighted by Crippen LogP contribution is 2.35. The fourth-order valence-electron chi connectivity index (χ4n) is 5.95. The topological polar surface area (TPSA) is 72.2 Å². The number of morpholine rings is 1. The lowest BCUT2D eigenvalue weighted by Gasteiger charge is -2.32. The molecule has 2 fully saturated rings. The van der Waals surface area contributed by atoms with E-state index in [1.54, 1.807) is 23.5 Å². The largest absolute Gasteiger partial charge is 0.598 e. The Hall–Kier alpha value is -2.54. The highest BCUT2D eigenvalue weighted by Gasteiger charge is 2.29. The molecule has 0 saturated carbocycles. The van der Waals surface area contributed by atoms with E-state index >= 15 is 0 Å². The summed E-state index contributed by atoms with van der Waals surface area (Å²) in [7, 11) is 2.04. The number of ether oxygens (including phenoxy) is 1. The number of aromatic nitrogens is 3. The molecule has 0 radical (unpaired) electrons. The molecule has 6 rings (SSSR count). The minimum Gasteiger partial charge on any atom is -0.598 e. The molecule has 2 aliphatic heterocycles. The minimum atomic E-state index is -0.917. The molecule has 0 aliphatic carbocycles. The van der Waals surface area contributed by atoms with E-state index in [1.807, 2.05) is 12.4 Å². The third-order valence-electron chi connectivity index (χ3n) is 8.37. The number of anilines is 2. The van der Waals surface area contributed by atoms with E-state index in [1.165, 1.54) is 17.7 Å². The molecule has 0 N–H and O–H groups in total. The average molecular weight is 611 g/mol. The Bertz CT molecular complexity index is 1460. The quantitative estimate of drug-likeness (QED) is 0.220. The van der Waals surface area contributed by atoms with Gasteiger partial charge in [-0.1, -0.05) is 13.0 Å². The number of fused-ring (bicyclic) bond motifs is 1. The van der Waals surface area contributed by atoms with Crippen LogP contribution in [-0.2, 0) is 22.5 Å². The summed E-state index contributed by atoms with van der Waals surface area (Å²) in [6.45, 7) is 8.42. The van der Waals surface area contributed by atoms with E-state index in [9.17, 15) is 8.94 Å². The van der Waals surface area contributed by atoms with Gasteiger partial charge in [0.05, 0.1) is 24.6 Å². The van der Waals surface area contributed by atoms with Gasteiger partial charge in [-0.15, -0.1) is 15.6 Å². The van der Waals surface area contributed by atoms with Gasteiger partial charge >= 0.3 is 0 Å². The maximum atomic E-state index is 13.4. The Kier molecular flexibility index (Phi) is 9.42. The first kappa shape index (κ1) is 29.5. The molecule has 1 unspecified atom stereocenters. The molecule has 0 amide bonds. The van der Waals surface area contributed by atoms with E-state index in [2.05, 4.69) is 43.8 Å². The fraction of sp³-hybridized carbons (Fsp3) is 0.484. The Morgan fingerprint density at radius 2 is 1.83 bits per heavy atom. The number of piperidine rings is 1. The second-order valence-corrected chi connectivity index (χ2v) is 13.4. The van der Waals surface area contributed by atoms with Crippen molar-refractivity contribution in [2.24, 2.45) is 0 Å². The number of halogens is 1. The number of rotatable bonds is 10. The van der Waals surface area contributed by atoms with Gasteiger partial charge in [0.2, 0.25) is 0 Å². The van der Waals surface area contributed by atoms with Crippen LogP contribution in [0.4, 0.5) is 15.3 Å². The molecule has 3 aromatic heterocycles. The summed E-state index contributed by atoms with van der Waals surface area (Å²) in [6.07, 6.45) is 6.00. The summed E-state index contributed by atoms with van der Waals surface area (Å²) in [5.41, 5.74) is 4.97. The zero-order chi connectivity index (χ0) is 29.1. The number of pyridine rings is 1. The maximum Gasteiger partial charge on any atom is 0.191 e. The van der Waals surface area contributed by atoms with Crippen LogP contribution in [0.1, 0.15) is 43.4 Å². The molecule has 2 aliphatic rings. The molecule has 42 heavy (non-hydrogen) atoms. The first-order valence-corrected chi connectivity index (χ1v) is 17.1. The second-order valence-electron chi connectivity index (χ2n) is 11.0. The molecule has 2 saturated heterocycles. The van der Waals surface area contributed by atoms with Crippen LogP contribution in [0, 0.1) is 5.82 Å². The highest BCUT2D eigenvalue weighted by molar-refractivity contribution is 7.89. The molecule has 5 heterocycles. The highest BCUT2D eigenvalue weighted by atomic mass is 32.2. The zero-order valence-corrected chi connectivity index (χ0v) is 26.0. The summed E-state index contributed by atoms with van der Waals surface area (Å²) in [6, 6.07) is 10.8. The van der Waals surface area contributed by atoms with Crippen molar-refractivity contribution in [1.82, 2.24) is 23.6 Å². The summed E-state index contributed by atoms with van der Waals surface area (Å²) >= 11 is 0.651. The van der Waals surface area contributed by atoms with Crippen LogP contribution in [0.5, 0.6) is 0 Å². The lowest BCUT2D eigenvalue weighted by Crippen LogP contribution is -2.41. The van der Waals surface area contributed by atoms with Gasteiger partial charge in [-0.2, -0.15) is 0 Å². The van der Waals surface area contributed by atoms with E-state index in [0.717, 1.165) is 111 Å². The maximum absolute atomic E-state index is 13.4. The Morgan fingerprint density at radius 1 is 1.07 bits per heavy atom. The van der Waals surface area contributed by atoms with Gasteiger partial charge in [-0.3, -0.25) is 9.30 Å². The van der Waals surface area contributed by atoms with E-state index in [4.69, 9.17) is 14.7 Å². The predicted molar refractivity (Wildman–Crippen MR) is 169 cm³/mol.